The van der Waals surface area contributed by atoms with Crippen LogP contribution < -0.4 is 5.32 Å². The summed E-state index contributed by atoms with van der Waals surface area (Å²) in [5, 5.41) is 4.49. The van der Waals surface area contributed by atoms with Crippen molar-refractivity contribution in [1.29, 1.82) is 0 Å². The number of rotatable bonds is 5. The number of thiophene rings is 1. The maximum atomic E-state index is 12.4. The van der Waals surface area contributed by atoms with E-state index in [1.807, 2.05) is 13.8 Å². The number of amides is 3. The second kappa shape index (κ2) is 5.88. The first-order chi connectivity index (χ1) is 9.74. The van der Waals surface area contributed by atoms with E-state index in [0.29, 0.717) is 15.8 Å². The van der Waals surface area contributed by atoms with E-state index < -0.39 is 11.6 Å². The molecule has 0 aromatic carbocycles. The molecule has 3 amide bonds. The average molecular weight is 373 g/mol. The summed E-state index contributed by atoms with van der Waals surface area (Å²) in [4.78, 5) is 38.2. The molecule has 0 unspecified atom stereocenters. The molecular formula is C14H17BrN2O3S. The molecule has 1 saturated heterocycles. The van der Waals surface area contributed by atoms with Gasteiger partial charge in [0.2, 0.25) is 0 Å². The average Bonchev–Trinajstić information content (AvgIpc) is 2.86. The first-order valence-electron chi connectivity index (χ1n) is 6.65. The standard InChI is InChI=1S/C14H17BrN2O3S/c1-8(2)6-14(3)12(19)17(13(20)16-14)7-10(18)11-9(15)4-5-21-11/h4-5,8H,6-7H2,1-3H3,(H,16,20)/t14-/m0/s1. The number of ketones is 1. The minimum Gasteiger partial charge on any atom is -0.323 e. The molecule has 1 atom stereocenters. The highest BCUT2D eigenvalue weighted by Crippen LogP contribution is 2.27. The lowest BCUT2D eigenvalue weighted by atomic mass is 9.91. The summed E-state index contributed by atoms with van der Waals surface area (Å²) in [6.07, 6.45) is 0.547. The van der Waals surface area contributed by atoms with Crippen LogP contribution in [0.4, 0.5) is 4.79 Å². The van der Waals surface area contributed by atoms with Gasteiger partial charge in [0.1, 0.15) is 5.54 Å². The van der Waals surface area contributed by atoms with E-state index in [0.717, 1.165) is 4.90 Å². The van der Waals surface area contributed by atoms with Gasteiger partial charge in [0, 0.05) is 4.47 Å². The van der Waals surface area contributed by atoms with Crippen molar-refractivity contribution in [1.82, 2.24) is 10.2 Å². The lowest BCUT2D eigenvalue weighted by Crippen LogP contribution is -2.45. The summed E-state index contributed by atoms with van der Waals surface area (Å²) in [6.45, 7) is 5.46. The number of nitrogens with zero attached hydrogens (tertiary/aromatic N) is 1. The molecule has 1 aliphatic rings. The molecule has 0 radical (unpaired) electrons. The Bertz CT molecular complexity index is 599. The Morgan fingerprint density at radius 1 is 1.48 bits per heavy atom. The van der Waals surface area contributed by atoms with Gasteiger partial charge in [-0.15, -0.1) is 11.3 Å². The van der Waals surface area contributed by atoms with Gasteiger partial charge in [0.05, 0.1) is 11.4 Å². The van der Waals surface area contributed by atoms with Crippen LogP contribution in [0.1, 0.15) is 36.9 Å². The zero-order valence-corrected chi connectivity index (χ0v) is 14.5. The highest BCUT2D eigenvalue weighted by Gasteiger charge is 2.48. The molecule has 0 saturated carbocycles. The Morgan fingerprint density at radius 2 is 2.14 bits per heavy atom. The van der Waals surface area contributed by atoms with E-state index in [1.165, 1.54) is 11.3 Å². The molecule has 1 aliphatic heterocycles. The van der Waals surface area contributed by atoms with E-state index in [4.69, 9.17) is 0 Å². The van der Waals surface area contributed by atoms with Crippen molar-refractivity contribution in [2.24, 2.45) is 5.92 Å². The summed E-state index contributed by atoms with van der Waals surface area (Å²) in [5.41, 5.74) is -0.918. The van der Waals surface area contributed by atoms with Crippen LogP contribution in [0.15, 0.2) is 15.9 Å². The number of hydrogen-bond acceptors (Lipinski definition) is 4. The Labute approximate surface area is 135 Å². The molecule has 1 N–H and O–H groups in total. The van der Waals surface area contributed by atoms with Crippen molar-refractivity contribution < 1.29 is 14.4 Å². The summed E-state index contributed by atoms with van der Waals surface area (Å²) in [6, 6.07) is 1.27. The third-order valence-corrected chi connectivity index (χ3v) is 5.21. The number of imide groups is 1. The first-order valence-corrected chi connectivity index (χ1v) is 8.32. The van der Waals surface area contributed by atoms with Crippen molar-refractivity contribution >= 4 is 45.0 Å². The van der Waals surface area contributed by atoms with Crippen LogP contribution in [0.2, 0.25) is 0 Å². The minimum atomic E-state index is -0.918. The fraction of sp³-hybridized carbons (Fsp3) is 0.500. The molecule has 0 aliphatic carbocycles. The fourth-order valence-corrected chi connectivity index (χ4v) is 4.08. The predicted molar refractivity (Wildman–Crippen MR) is 84.5 cm³/mol. The summed E-state index contributed by atoms with van der Waals surface area (Å²) >= 11 is 4.58. The van der Waals surface area contributed by atoms with Gasteiger partial charge in [0.15, 0.2) is 5.78 Å². The van der Waals surface area contributed by atoms with Crippen molar-refractivity contribution in [3.05, 3.63) is 20.8 Å². The quantitative estimate of drug-likeness (QED) is 0.637. The second-order valence-electron chi connectivity index (χ2n) is 5.77. The molecule has 1 fully saturated rings. The monoisotopic (exact) mass is 372 g/mol. The molecular weight excluding hydrogens is 356 g/mol. The van der Waals surface area contributed by atoms with Crippen LogP contribution in [-0.4, -0.2) is 34.7 Å². The normalized spacial score (nSPS) is 22.0. The molecule has 0 bridgehead atoms. The lowest BCUT2D eigenvalue weighted by molar-refractivity contribution is -0.131. The summed E-state index contributed by atoms with van der Waals surface area (Å²) in [5.74, 6) is -0.308. The van der Waals surface area contributed by atoms with Crippen molar-refractivity contribution in [3.63, 3.8) is 0 Å². The number of carbonyl (C=O) groups is 3. The molecule has 1 aromatic heterocycles. The van der Waals surface area contributed by atoms with E-state index in [2.05, 4.69) is 21.2 Å². The van der Waals surface area contributed by atoms with Crippen LogP contribution in [0, 0.1) is 5.92 Å². The number of nitrogens with one attached hydrogen (secondary N) is 1. The second-order valence-corrected chi connectivity index (χ2v) is 7.54. The zero-order valence-electron chi connectivity index (χ0n) is 12.1. The molecule has 2 rings (SSSR count). The summed E-state index contributed by atoms with van der Waals surface area (Å²) in [7, 11) is 0. The minimum absolute atomic E-state index is 0.225. The third-order valence-electron chi connectivity index (χ3n) is 3.33. The molecule has 1 aromatic rings. The summed E-state index contributed by atoms with van der Waals surface area (Å²) < 4.78 is 0.689. The number of urea groups is 1. The lowest BCUT2D eigenvalue weighted by Gasteiger charge is -2.23. The van der Waals surface area contributed by atoms with Crippen LogP contribution >= 0.6 is 27.3 Å². The Kier molecular flexibility index (Phi) is 4.53. The smallest absolute Gasteiger partial charge is 0.323 e. The predicted octanol–water partition coefficient (Wildman–Crippen LogP) is 3.05. The van der Waals surface area contributed by atoms with Crippen LogP contribution in [0.5, 0.6) is 0 Å². The molecule has 0 spiro atoms. The number of hydrogen-bond donors (Lipinski definition) is 1. The highest BCUT2D eigenvalue weighted by molar-refractivity contribution is 9.10. The first kappa shape index (κ1) is 16.2. The maximum Gasteiger partial charge on any atom is 0.325 e. The van der Waals surface area contributed by atoms with Crippen LogP contribution in [-0.2, 0) is 4.79 Å². The number of halogens is 1. The number of Topliss-reactive ketones (excluding diaryl/α,β-unsaturated/α-hetero) is 1. The van der Waals surface area contributed by atoms with Gasteiger partial charge in [-0.05, 0) is 46.6 Å². The largest absolute Gasteiger partial charge is 0.325 e. The van der Waals surface area contributed by atoms with E-state index in [9.17, 15) is 14.4 Å². The van der Waals surface area contributed by atoms with Gasteiger partial charge in [-0.25, -0.2) is 4.79 Å². The topological polar surface area (TPSA) is 66.5 Å². The maximum absolute atomic E-state index is 12.4. The van der Waals surface area contributed by atoms with Gasteiger partial charge in [0.25, 0.3) is 5.91 Å². The van der Waals surface area contributed by atoms with Crippen LogP contribution in [0.25, 0.3) is 0 Å². The van der Waals surface area contributed by atoms with Crippen molar-refractivity contribution in [2.45, 2.75) is 32.7 Å². The van der Waals surface area contributed by atoms with Crippen molar-refractivity contribution in [2.75, 3.05) is 6.54 Å². The third kappa shape index (κ3) is 3.18. The number of carbonyl (C=O) groups excluding carboxylic acids is 3. The Morgan fingerprint density at radius 3 is 2.67 bits per heavy atom. The molecule has 7 heteroatoms. The molecule has 2 heterocycles. The van der Waals surface area contributed by atoms with Gasteiger partial charge in [-0.3, -0.25) is 14.5 Å². The van der Waals surface area contributed by atoms with E-state index in [1.54, 1.807) is 18.4 Å². The molecule has 21 heavy (non-hydrogen) atoms. The van der Waals surface area contributed by atoms with Crippen molar-refractivity contribution in [3.8, 4) is 0 Å². The van der Waals surface area contributed by atoms with Crippen LogP contribution in [0.3, 0.4) is 0 Å². The molecule has 114 valence electrons. The highest BCUT2D eigenvalue weighted by atomic mass is 79.9. The fourth-order valence-electron chi connectivity index (χ4n) is 2.55. The SMILES string of the molecule is CC(C)C[C@]1(C)NC(=O)N(CC(=O)c2sccc2Br)C1=O. The van der Waals surface area contributed by atoms with E-state index >= 15 is 0 Å². The molecule has 5 nitrogen and oxygen atoms in total. The Balaban J connectivity index is 2.14. The van der Waals surface area contributed by atoms with E-state index in [-0.39, 0.29) is 24.2 Å². The zero-order chi connectivity index (χ0) is 15.8. The van der Waals surface area contributed by atoms with Gasteiger partial charge in [-0.2, -0.15) is 0 Å². The van der Waals surface area contributed by atoms with Gasteiger partial charge in [-0.1, -0.05) is 13.8 Å². The Hall–Kier alpha value is -1.21. The van der Waals surface area contributed by atoms with Gasteiger partial charge >= 0.3 is 6.03 Å². The van der Waals surface area contributed by atoms with Gasteiger partial charge < -0.3 is 5.32 Å².